The van der Waals surface area contributed by atoms with E-state index in [1.807, 2.05) is 30.3 Å². The maximum Gasteiger partial charge on any atom is 0.240 e. The topological polar surface area (TPSA) is 70.6 Å². The number of carbonyl (C=O) groups excluding carboxylic acids is 2. The van der Waals surface area contributed by atoms with Gasteiger partial charge in [-0.1, -0.05) is 65.8 Å². The first-order valence-corrected chi connectivity index (χ1v) is 9.48. The molecule has 1 fully saturated rings. The Labute approximate surface area is 161 Å². The molecule has 1 heterocycles. The van der Waals surface area contributed by atoms with E-state index in [4.69, 9.17) is 11.6 Å². The second-order valence-electron chi connectivity index (χ2n) is 5.75. The highest BCUT2D eigenvalue weighted by molar-refractivity contribution is 8.15. The zero-order valence-corrected chi connectivity index (χ0v) is 15.5. The summed E-state index contributed by atoms with van der Waals surface area (Å²) in [6.07, 6.45) is 0.873. The first kappa shape index (κ1) is 18.5. The Hall–Kier alpha value is -2.31. The van der Waals surface area contributed by atoms with Gasteiger partial charge >= 0.3 is 0 Å². The molecule has 1 saturated heterocycles. The Kier molecular flexibility index (Phi) is 6.30. The number of hydrogen-bond donors (Lipinski definition) is 2. The third-order valence-corrected chi connectivity index (χ3v) is 5.24. The number of nitrogens with one attached hydrogen (secondary N) is 2. The van der Waals surface area contributed by atoms with Crippen LogP contribution in [0, 0.1) is 0 Å². The Morgan fingerprint density at radius 1 is 1.15 bits per heavy atom. The Morgan fingerprint density at radius 2 is 1.88 bits per heavy atom. The molecule has 2 aromatic rings. The highest BCUT2D eigenvalue weighted by Crippen LogP contribution is 2.25. The normalized spacial score (nSPS) is 18.0. The number of amides is 2. The molecular weight excluding hydrogens is 370 g/mol. The number of benzene rings is 2. The smallest absolute Gasteiger partial charge is 0.240 e. The quantitative estimate of drug-likeness (QED) is 0.796. The first-order valence-electron chi connectivity index (χ1n) is 8.22. The monoisotopic (exact) mass is 387 g/mol. The number of amidine groups is 1. The van der Waals surface area contributed by atoms with Crippen molar-refractivity contribution in [2.24, 2.45) is 4.99 Å². The van der Waals surface area contributed by atoms with Gasteiger partial charge in [-0.05, 0) is 24.1 Å². The maximum atomic E-state index is 12.2. The number of hydrogen-bond acceptors (Lipinski definition) is 4. The van der Waals surface area contributed by atoms with Gasteiger partial charge in [-0.2, -0.15) is 0 Å². The van der Waals surface area contributed by atoms with E-state index in [2.05, 4.69) is 15.6 Å². The molecule has 1 unspecified atom stereocenters. The van der Waals surface area contributed by atoms with Crippen molar-refractivity contribution in [2.75, 3.05) is 11.9 Å². The van der Waals surface area contributed by atoms with Crippen molar-refractivity contribution < 1.29 is 9.59 Å². The molecule has 2 aromatic carbocycles. The molecule has 0 saturated carbocycles. The van der Waals surface area contributed by atoms with Crippen molar-refractivity contribution >= 4 is 46.0 Å². The minimum atomic E-state index is -0.479. The number of anilines is 1. The molecule has 134 valence electrons. The average Bonchev–Trinajstić information content (AvgIpc) is 2.97. The molecule has 2 N–H and O–H groups in total. The fraction of sp³-hybridized carbons (Fsp3) is 0.211. The molecular formula is C19H18ClN3O2S. The van der Waals surface area contributed by atoms with Gasteiger partial charge in [-0.3, -0.25) is 14.6 Å². The third-order valence-electron chi connectivity index (χ3n) is 3.79. The van der Waals surface area contributed by atoms with E-state index < -0.39 is 5.25 Å². The van der Waals surface area contributed by atoms with Gasteiger partial charge in [0.15, 0.2) is 5.17 Å². The highest BCUT2D eigenvalue weighted by atomic mass is 35.5. The van der Waals surface area contributed by atoms with Gasteiger partial charge < -0.3 is 10.6 Å². The molecule has 1 aliphatic rings. The van der Waals surface area contributed by atoms with Crippen molar-refractivity contribution in [3.8, 4) is 0 Å². The zero-order valence-electron chi connectivity index (χ0n) is 13.9. The fourth-order valence-electron chi connectivity index (χ4n) is 2.48. The SMILES string of the molecule is O=C(CC1SC(=NCCc2ccccc2)NC1=O)Nc1ccccc1Cl. The Morgan fingerprint density at radius 3 is 2.65 bits per heavy atom. The van der Waals surface area contributed by atoms with Crippen molar-refractivity contribution in [2.45, 2.75) is 18.1 Å². The average molecular weight is 388 g/mol. The summed E-state index contributed by atoms with van der Waals surface area (Å²) in [4.78, 5) is 28.6. The van der Waals surface area contributed by atoms with Gasteiger partial charge in [-0.25, -0.2) is 0 Å². The van der Waals surface area contributed by atoms with E-state index in [9.17, 15) is 9.59 Å². The van der Waals surface area contributed by atoms with Crippen LogP contribution < -0.4 is 10.6 Å². The number of rotatable bonds is 6. The van der Waals surface area contributed by atoms with Crippen LogP contribution in [0.25, 0.3) is 0 Å². The fourth-order valence-corrected chi connectivity index (χ4v) is 3.66. The highest BCUT2D eigenvalue weighted by Gasteiger charge is 2.32. The summed E-state index contributed by atoms with van der Waals surface area (Å²) in [7, 11) is 0. The lowest BCUT2D eigenvalue weighted by Crippen LogP contribution is -2.28. The number of aliphatic imine (C=N–C) groups is 1. The van der Waals surface area contributed by atoms with Crippen LogP contribution in [0.1, 0.15) is 12.0 Å². The van der Waals surface area contributed by atoms with E-state index in [0.717, 1.165) is 6.42 Å². The van der Waals surface area contributed by atoms with Crippen LogP contribution in [-0.4, -0.2) is 28.8 Å². The maximum absolute atomic E-state index is 12.2. The Bertz CT molecular complexity index is 827. The van der Waals surface area contributed by atoms with Gasteiger partial charge in [-0.15, -0.1) is 0 Å². The van der Waals surface area contributed by atoms with Crippen molar-refractivity contribution in [1.82, 2.24) is 5.32 Å². The van der Waals surface area contributed by atoms with Gasteiger partial charge in [0.1, 0.15) is 5.25 Å². The molecule has 26 heavy (non-hydrogen) atoms. The first-order chi connectivity index (χ1) is 12.6. The molecule has 3 rings (SSSR count). The van der Waals surface area contributed by atoms with Crippen LogP contribution in [0.15, 0.2) is 59.6 Å². The van der Waals surface area contributed by atoms with Gasteiger partial charge in [0.05, 0.1) is 10.7 Å². The van der Waals surface area contributed by atoms with Crippen LogP contribution in [0.4, 0.5) is 5.69 Å². The summed E-state index contributed by atoms with van der Waals surface area (Å²) in [5.41, 5.74) is 1.74. The second kappa shape index (κ2) is 8.87. The number of nitrogens with zero attached hydrogens (tertiary/aromatic N) is 1. The summed E-state index contributed by atoms with van der Waals surface area (Å²) in [5, 5.41) is 6.03. The Balaban J connectivity index is 1.50. The van der Waals surface area contributed by atoms with Crippen LogP contribution in [0.3, 0.4) is 0 Å². The van der Waals surface area contributed by atoms with Crippen molar-refractivity contribution in [3.63, 3.8) is 0 Å². The molecule has 5 nitrogen and oxygen atoms in total. The number of carbonyl (C=O) groups is 2. The molecule has 0 aromatic heterocycles. The summed E-state index contributed by atoms with van der Waals surface area (Å²) in [6.45, 7) is 0.588. The van der Waals surface area contributed by atoms with E-state index in [1.54, 1.807) is 24.3 Å². The van der Waals surface area contributed by atoms with E-state index in [0.29, 0.717) is 22.4 Å². The number of halogens is 1. The van der Waals surface area contributed by atoms with Crippen LogP contribution >= 0.6 is 23.4 Å². The lowest BCUT2D eigenvalue weighted by molar-refractivity contribution is -0.122. The zero-order chi connectivity index (χ0) is 18.4. The molecule has 0 bridgehead atoms. The summed E-state index contributed by atoms with van der Waals surface area (Å²) >= 11 is 7.32. The van der Waals surface area contributed by atoms with Gasteiger partial charge in [0.25, 0.3) is 0 Å². The van der Waals surface area contributed by atoms with E-state index >= 15 is 0 Å². The van der Waals surface area contributed by atoms with Crippen LogP contribution in [0.2, 0.25) is 5.02 Å². The van der Waals surface area contributed by atoms with Crippen LogP contribution in [0.5, 0.6) is 0 Å². The molecule has 0 spiro atoms. The van der Waals surface area contributed by atoms with E-state index in [1.165, 1.54) is 17.3 Å². The lowest BCUT2D eigenvalue weighted by atomic mass is 10.2. The lowest BCUT2D eigenvalue weighted by Gasteiger charge is -2.08. The minimum absolute atomic E-state index is 0.0689. The molecule has 1 atom stereocenters. The minimum Gasteiger partial charge on any atom is -0.325 e. The molecule has 0 aliphatic carbocycles. The van der Waals surface area contributed by atoms with Crippen molar-refractivity contribution in [1.29, 1.82) is 0 Å². The van der Waals surface area contributed by atoms with Crippen LogP contribution in [-0.2, 0) is 16.0 Å². The number of thioether (sulfide) groups is 1. The second-order valence-corrected chi connectivity index (χ2v) is 7.35. The predicted octanol–water partition coefficient (Wildman–Crippen LogP) is 3.50. The molecule has 0 radical (unpaired) electrons. The van der Waals surface area contributed by atoms with Gasteiger partial charge in [0.2, 0.25) is 11.8 Å². The third kappa shape index (κ3) is 5.09. The van der Waals surface area contributed by atoms with Crippen molar-refractivity contribution in [3.05, 3.63) is 65.2 Å². The van der Waals surface area contributed by atoms with E-state index in [-0.39, 0.29) is 18.2 Å². The number of para-hydroxylation sites is 1. The summed E-state index contributed by atoms with van der Waals surface area (Å²) in [5.74, 6) is -0.445. The summed E-state index contributed by atoms with van der Waals surface area (Å²) in [6, 6.07) is 17.0. The largest absolute Gasteiger partial charge is 0.325 e. The van der Waals surface area contributed by atoms with Gasteiger partial charge in [0, 0.05) is 13.0 Å². The standard InChI is InChI=1S/C19H18ClN3O2S/c20-14-8-4-5-9-15(14)22-17(24)12-16-18(25)23-19(26-16)21-11-10-13-6-2-1-3-7-13/h1-9,16H,10-12H2,(H,22,24)(H,21,23,25). The molecule has 1 aliphatic heterocycles. The molecule has 2 amide bonds. The molecule has 7 heteroatoms. The summed E-state index contributed by atoms with van der Waals surface area (Å²) < 4.78 is 0. The predicted molar refractivity (Wildman–Crippen MR) is 107 cm³/mol.